The molecule has 0 bridgehead atoms. The molecule has 0 aromatic carbocycles. The van der Waals surface area contributed by atoms with E-state index in [9.17, 15) is 13.5 Å². The van der Waals surface area contributed by atoms with Crippen molar-refractivity contribution >= 4 is 26.0 Å². The van der Waals surface area contributed by atoms with Crippen LogP contribution in [0.4, 0.5) is 0 Å². The van der Waals surface area contributed by atoms with Crippen LogP contribution in [0.25, 0.3) is 0 Å². The van der Waals surface area contributed by atoms with Crippen molar-refractivity contribution in [3.8, 4) is 0 Å². The lowest BCUT2D eigenvalue weighted by Crippen LogP contribution is -2.23. The van der Waals surface area contributed by atoms with Gasteiger partial charge in [-0.3, -0.25) is 0 Å². The fourth-order valence-electron chi connectivity index (χ4n) is 1.13. The first-order valence-corrected chi connectivity index (χ1v) is 6.58. The number of aliphatic hydroxyl groups is 1. The van der Waals surface area contributed by atoms with Crippen molar-refractivity contribution in [2.75, 3.05) is 6.26 Å². The Labute approximate surface area is 91.7 Å². The molecule has 1 rings (SSSR count). The maximum atomic E-state index is 11.3. The van der Waals surface area contributed by atoms with Crippen LogP contribution in [0.2, 0.25) is 0 Å². The highest BCUT2D eigenvalue weighted by molar-refractivity contribution is 9.10. The summed E-state index contributed by atoms with van der Waals surface area (Å²) < 4.78 is 24.4. The van der Waals surface area contributed by atoms with E-state index in [1.807, 2.05) is 0 Å². The molecular weight excluding hydrogens is 270 g/mol. The number of aromatic nitrogens is 1. The normalized spacial score (nSPS) is 13.2. The summed E-state index contributed by atoms with van der Waals surface area (Å²) >= 11 is 3.17. The minimum Gasteiger partial charge on any atom is -0.384 e. The highest BCUT2D eigenvalue weighted by atomic mass is 79.9. The number of hydrogen-bond donors (Lipinski definition) is 1. The van der Waals surface area contributed by atoms with E-state index in [-0.39, 0.29) is 0 Å². The minimum absolute atomic E-state index is 0.340. The second kappa shape index (κ2) is 3.36. The molecule has 0 aliphatic carbocycles. The molecule has 0 aliphatic rings. The molecule has 0 aliphatic heterocycles. The average molecular weight is 282 g/mol. The van der Waals surface area contributed by atoms with Gasteiger partial charge in [-0.2, -0.15) is 0 Å². The summed E-state index contributed by atoms with van der Waals surface area (Å²) in [6.45, 7) is 3.08. The van der Waals surface area contributed by atoms with Gasteiger partial charge in [0.05, 0.1) is 11.9 Å². The van der Waals surface area contributed by atoms with Crippen LogP contribution in [-0.4, -0.2) is 23.8 Å². The van der Waals surface area contributed by atoms with Gasteiger partial charge in [0, 0.05) is 10.7 Å². The van der Waals surface area contributed by atoms with Crippen molar-refractivity contribution in [3.05, 3.63) is 22.4 Å². The Morgan fingerprint density at radius 3 is 2.29 bits per heavy atom. The maximum absolute atomic E-state index is 11.3. The van der Waals surface area contributed by atoms with Crippen molar-refractivity contribution < 1.29 is 13.5 Å². The second-order valence-electron chi connectivity index (χ2n) is 3.66. The van der Waals surface area contributed by atoms with Crippen molar-refractivity contribution in [1.29, 1.82) is 0 Å². The predicted octanol–water partition coefficient (Wildman–Crippen LogP) is 1.29. The van der Waals surface area contributed by atoms with E-state index in [1.54, 1.807) is 6.07 Å². The van der Waals surface area contributed by atoms with Crippen LogP contribution in [0.3, 0.4) is 0 Å². The highest BCUT2D eigenvalue weighted by Gasteiger charge is 2.24. The Bertz CT molecular complexity index is 442. The molecule has 0 radical (unpaired) electrons. The Hall–Kier alpha value is -0.330. The molecule has 0 amide bonds. The number of halogens is 1. The molecule has 1 N–H and O–H groups in total. The average Bonchev–Trinajstić information content (AvgIpc) is 2.27. The van der Waals surface area contributed by atoms with E-state index in [0.29, 0.717) is 10.2 Å². The monoisotopic (exact) mass is 281 g/mol. The number of hydrogen-bond acceptors (Lipinski definition) is 3. The Morgan fingerprint density at radius 2 is 2.00 bits per heavy atom. The Kier molecular flexibility index (Phi) is 2.82. The predicted molar refractivity (Wildman–Crippen MR) is 57.6 cm³/mol. The first kappa shape index (κ1) is 11.7. The molecule has 4 nitrogen and oxygen atoms in total. The largest absolute Gasteiger partial charge is 0.384 e. The van der Waals surface area contributed by atoms with Gasteiger partial charge in [0.25, 0.3) is 0 Å². The van der Waals surface area contributed by atoms with Crippen LogP contribution in [0.5, 0.6) is 0 Å². The van der Waals surface area contributed by atoms with E-state index in [4.69, 9.17) is 0 Å². The van der Waals surface area contributed by atoms with Crippen molar-refractivity contribution in [2.45, 2.75) is 19.4 Å². The van der Waals surface area contributed by atoms with Gasteiger partial charge < -0.3 is 5.11 Å². The Morgan fingerprint density at radius 1 is 1.50 bits per heavy atom. The van der Waals surface area contributed by atoms with Crippen LogP contribution in [-0.2, 0) is 15.6 Å². The first-order valence-electron chi connectivity index (χ1n) is 3.93. The number of rotatable bonds is 2. The summed E-state index contributed by atoms with van der Waals surface area (Å²) in [6, 6.07) is 1.58. The molecule has 0 unspecified atom stereocenters. The van der Waals surface area contributed by atoms with Crippen LogP contribution in [0.15, 0.2) is 16.7 Å². The molecule has 1 aromatic heterocycles. The Balaban J connectivity index is 3.46. The summed E-state index contributed by atoms with van der Waals surface area (Å²) in [7, 11) is -3.37. The van der Waals surface area contributed by atoms with Crippen LogP contribution in [0.1, 0.15) is 19.5 Å². The zero-order valence-corrected chi connectivity index (χ0v) is 10.6. The lowest BCUT2D eigenvalue weighted by molar-refractivity contribution is 0.0730. The van der Waals surface area contributed by atoms with Gasteiger partial charge in [-0.05, 0) is 35.8 Å². The zero-order valence-electron chi connectivity index (χ0n) is 8.15. The van der Waals surface area contributed by atoms with E-state index >= 15 is 0 Å². The SMILES string of the molecule is CC(C)(O)c1cc(Br)cn1S(C)(=O)=O. The zero-order chi connectivity index (χ0) is 11.1. The van der Waals surface area contributed by atoms with Crippen molar-refractivity contribution in [1.82, 2.24) is 3.97 Å². The van der Waals surface area contributed by atoms with Crippen LogP contribution in [0, 0.1) is 0 Å². The first-order chi connectivity index (χ1) is 6.12. The second-order valence-corrected chi connectivity index (χ2v) is 6.44. The molecule has 14 heavy (non-hydrogen) atoms. The molecule has 0 atom stereocenters. The molecule has 0 saturated heterocycles. The molecule has 1 aromatic rings. The third-order valence-corrected chi connectivity index (χ3v) is 3.19. The third kappa shape index (κ3) is 2.37. The summed E-state index contributed by atoms with van der Waals surface area (Å²) in [6.07, 6.45) is 2.51. The molecule has 0 saturated carbocycles. The summed E-state index contributed by atoms with van der Waals surface area (Å²) in [4.78, 5) is 0. The summed E-state index contributed by atoms with van der Waals surface area (Å²) in [5, 5.41) is 9.74. The number of nitrogens with zero attached hydrogens (tertiary/aromatic N) is 1. The van der Waals surface area contributed by atoms with E-state index in [0.717, 1.165) is 10.2 Å². The quantitative estimate of drug-likeness (QED) is 0.889. The fourth-order valence-corrected chi connectivity index (χ4v) is 2.63. The van der Waals surface area contributed by atoms with Gasteiger partial charge in [0.2, 0.25) is 10.0 Å². The van der Waals surface area contributed by atoms with Gasteiger partial charge in [0.15, 0.2) is 0 Å². The summed E-state index contributed by atoms with van der Waals surface area (Å²) in [5.74, 6) is 0. The highest BCUT2D eigenvalue weighted by Crippen LogP contribution is 2.26. The van der Waals surface area contributed by atoms with E-state index in [2.05, 4.69) is 15.9 Å². The molecular formula is C8H12BrNO3S. The lowest BCUT2D eigenvalue weighted by Gasteiger charge is -2.18. The van der Waals surface area contributed by atoms with Gasteiger partial charge in [-0.15, -0.1) is 0 Å². The van der Waals surface area contributed by atoms with E-state index in [1.165, 1.54) is 20.0 Å². The fraction of sp³-hybridized carbons (Fsp3) is 0.500. The van der Waals surface area contributed by atoms with Gasteiger partial charge >= 0.3 is 0 Å². The van der Waals surface area contributed by atoms with Gasteiger partial charge in [0.1, 0.15) is 5.60 Å². The molecule has 1 heterocycles. The van der Waals surface area contributed by atoms with Gasteiger partial charge in [-0.1, -0.05) is 0 Å². The van der Waals surface area contributed by atoms with E-state index < -0.39 is 15.6 Å². The summed E-state index contributed by atoms with van der Waals surface area (Å²) in [5.41, 5.74) is -0.846. The molecule has 80 valence electrons. The van der Waals surface area contributed by atoms with Crippen LogP contribution >= 0.6 is 15.9 Å². The van der Waals surface area contributed by atoms with Crippen molar-refractivity contribution in [3.63, 3.8) is 0 Å². The molecule has 0 fully saturated rings. The topological polar surface area (TPSA) is 59.3 Å². The maximum Gasteiger partial charge on any atom is 0.235 e. The molecule has 0 spiro atoms. The standard InChI is InChI=1S/C8H12BrNO3S/c1-8(2,11)7-4-6(9)5-10(7)14(3,12)13/h4-5,11H,1-3H3. The van der Waals surface area contributed by atoms with Crippen molar-refractivity contribution in [2.24, 2.45) is 0 Å². The van der Waals surface area contributed by atoms with Crippen LogP contribution < -0.4 is 0 Å². The minimum atomic E-state index is -3.37. The van der Waals surface area contributed by atoms with Gasteiger partial charge in [-0.25, -0.2) is 12.4 Å². The smallest absolute Gasteiger partial charge is 0.235 e. The lowest BCUT2D eigenvalue weighted by atomic mass is 10.1. The third-order valence-electron chi connectivity index (χ3n) is 1.74. The molecule has 6 heteroatoms.